The summed E-state index contributed by atoms with van der Waals surface area (Å²) < 4.78 is 15.6. The van der Waals surface area contributed by atoms with Crippen LogP contribution in [0.3, 0.4) is 0 Å². The first-order valence-corrected chi connectivity index (χ1v) is 3.56. The van der Waals surface area contributed by atoms with E-state index in [4.69, 9.17) is 14.2 Å². The van der Waals surface area contributed by atoms with E-state index in [2.05, 4.69) is 6.92 Å². The molecule has 0 amide bonds. The Morgan fingerprint density at radius 3 is 2.90 bits per heavy atom. The molecule has 2 atom stereocenters. The third-order valence-corrected chi connectivity index (χ3v) is 1.59. The zero-order valence-corrected chi connectivity index (χ0v) is 6.50. The van der Waals surface area contributed by atoms with E-state index in [0.29, 0.717) is 19.1 Å². The molecule has 0 aromatic heterocycles. The molecule has 60 valence electrons. The summed E-state index contributed by atoms with van der Waals surface area (Å²) in [5.41, 5.74) is 0. The highest BCUT2D eigenvalue weighted by atomic mass is 16.7. The maximum Gasteiger partial charge on any atom is 0.162 e. The van der Waals surface area contributed by atoms with Gasteiger partial charge < -0.3 is 14.2 Å². The summed E-state index contributed by atoms with van der Waals surface area (Å²) >= 11 is 0. The van der Waals surface area contributed by atoms with Crippen molar-refractivity contribution in [2.45, 2.75) is 13.2 Å². The van der Waals surface area contributed by atoms with Gasteiger partial charge in [-0.05, 0) is 0 Å². The minimum Gasteiger partial charge on any atom is -0.379 e. The van der Waals surface area contributed by atoms with Crippen LogP contribution in [0.15, 0.2) is 0 Å². The Balaban J connectivity index is 2.35. The minimum atomic E-state index is -0.0810. The van der Waals surface area contributed by atoms with Crippen LogP contribution in [0.1, 0.15) is 6.92 Å². The fourth-order valence-electron chi connectivity index (χ4n) is 1.04. The highest BCUT2D eigenvalue weighted by molar-refractivity contribution is 4.58. The van der Waals surface area contributed by atoms with Crippen molar-refractivity contribution in [3.05, 3.63) is 0 Å². The van der Waals surface area contributed by atoms with E-state index in [1.807, 2.05) is 0 Å². The standard InChI is InChI=1S/C7H14O3/c1-6-5-9-3-4-10-7(6)8-2/h6-7H,3-5H2,1-2H3/t6-,7+/m0/s1. The Bertz CT molecular complexity index is 94.9. The molecule has 0 spiro atoms. The lowest BCUT2D eigenvalue weighted by atomic mass is 10.2. The fraction of sp³-hybridized carbons (Fsp3) is 1.00. The van der Waals surface area contributed by atoms with E-state index in [9.17, 15) is 0 Å². The van der Waals surface area contributed by atoms with Crippen LogP contribution < -0.4 is 0 Å². The van der Waals surface area contributed by atoms with Crippen LogP contribution in [-0.2, 0) is 14.2 Å². The molecule has 0 radical (unpaired) electrons. The van der Waals surface area contributed by atoms with Gasteiger partial charge in [-0.1, -0.05) is 6.92 Å². The summed E-state index contributed by atoms with van der Waals surface area (Å²) in [4.78, 5) is 0. The van der Waals surface area contributed by atoms with Gasteiger partial charge in [0.15, 0.2) is 6.29 Å². The molecule has 1 fully saturated rings. The SMILES string of the molecule is CO[C@@H]1OCCOC[C@@H]1C. The topological polar surface area (TPSA) is 27.7 Å². The summed E-state index contributed by atoms with van der Waals surface area (Å²) in [6.45, 7) is 4.12. The lowest BCUT2D eigenvalue weighted by molar-refractivity contribution is -0.141. The second-order valence-electron chi connectivity index (χ2n) is 2.53. The van der Waals surface area contributed by atoms with Gasteiger partial charge in [-0.3, -0.25) is 0 Å². The minimum absolute atomic E-state index is 0.0810. The molecule has 1 aliphatic rings. The summed E-state index contributed by atoms with van der Waals surface area (Å²) in [5, 5.41) is 0. The Hall–Kier alpha value is -0.120. The van der Waals surface area contributed by atoms with Crippen LogP contribution in [0.4, 0.5) is 0 Å². The van der Waals surface area contributed by atoms with Gasteiger partial charge in [0.05, 0.1) is 19.8 Å². The Morgan fingerprint density at radius 2 is 2.20 bits per heavy atom. The quantitative estimate of drug-likeness (QED) is 0.543. The van der Waals surface area contributed by atoms with E-state index in [-0.39, 0.29) is 6.29 Å². The molecule has 1 saturated heterocycles. The molecular formula is C7H14O3. The van der Waals surface area contributed by atoms with Gasteiger partial charge in [0.25, 0.3) is 0 Å². The largest absolute Gasteiger partial charge is 0.379 e. The smallest absolute Gasteiger partial charge is 0.162 e. The number of methoxy groups -OCH3 is 1. The maximum absolute atomic E-state index is 5.32. The van der Waals surface area contributed by atoms with E-state index in [1.165, 1.54) is 0 Å². The molecule has 1 heterocycles. The van der Waals surface area contributed by atoms with Crippen molar-refractivity contribution in [1.29, 1.82) is 0 Å². The predicted molar refractivity (Wildman–Crippen MR) is 36.7 cm³/mol. The monoisotopic (exact) mass is 146 g/mol. The van der Waals surface area contributed by atoms with Crippen LogP contribution in [0.5, 0.6) is 0 Å². The zero-order chi connectivity index (χ0) is 7.40. The lowest BCUT2D eigenvalue weighted by Crippen LogP contribution is -2.24. The van der Waals surface area contributed by atoms with Gasteiger partial charge in [0, 0.05) is 13.0 Å². The highest BCUT2D eigenvalue weighted by Gasteiger charge is 2.19. The predicted octanol–water partition coefficient (Wildman–Crippen LogP) is 0.642. The first-order chi connectivity index (χ1) is 4.84. The van der Waals surface area contributed by atoms with Crippen LogP contribution >= 0.6 is 0 Å². The van der Waals surface area contributed by atoms with Crippen LogP contribution in [-0.4, -0.2) is 33.2 Å². The second kappa shape index (κ2) is 3.91. The molecule has 0 aromatic carbocycles. The van der Waals surface area contributed by atoms with Gasteiger partial charge in [-0.2, -0.15) is 0 Å². The van der Waals surface area contributed by atoms with Gasteiger partial charge in [0.1, 0.15) is 0 Å². The molecule has 10 heavy (non-hydrogen) atoms. The molecule has 0 saturated carbocycles. The first-order valence-electron chi connectivity index (χ1n) is 3.56. The fourth-order valence-corrected chi connectivity index (χ4v) is 1.04. The Labute approximate surface area is 61.3 Å². The summed E-state index contributed by atoms with van der Waals surface area (Å²) in [6.07, 6.45) is -0.0810. The van der Waals surface area contributed by atoms with Crippen molar-refractivity contribution < 1.29 is 14.2 Å². The molecule has 3 nitrogen and oxygen atoms in total. The van der Waals surface area contributed by atoms with E-state index < -0.39 is 0 Å². The molecule has 1 aliphatic heterocycles. The normalized spacial score (nSPS) is 35.4. The molecule has 0 unspecified atom stereocenters. The van der Waals surface area contributed by atoms with Crippen LogP contribution in [0, 0.1) is 5.92 Å². The molecule has 0 aromatic rings. The van der Waals surface area contributed by atoms with Crippen LogP contribution in [0.25, 0.3) is 0 Å². The Kier molecular flexibility index (Phi) is 3.12. The van der Waals surface area contributed by atoms with E-state index in [1.54, 1.807) is 7.11 Å². The van der Waals surface area contributed by atoms with Crippen molar-refractivity contribution in [3.8, 4) is 0 Å². The molecule has 0 N–H and O–H groups in total. The Morgan fingerprint density at radius 1 is 1.40 bits per heavy atom. The van der Waals surface area contributed by atoms with E-state index in [0.717, 1.165) is 6.61 Å². The summed E-state index contributed by atoms with van der Waals surface area (Å²) in [6, 6.07) is 0. The first kappa shape index (κ1) is 7.98. The molecule has 1 rings (SSSR count). The highest BCUT2D eigenvalue weighted by Crippen LogP contribution is 2.11. The van der Waals surface area contributed by atoms with Gasteiger partial charge in [0.2, 0.25) is 0 Å². The zero-order valence-electron chi connectivity index (χ0n) is 6.50. The lowest BCUT2D eigenvalue weighted by Gasteiger charge is -2.17. The number of rotatable bonds is 1. The molecule has 0 bridgehead atoms. The third kappa shape index (κ3) is 1.94. The molecular weight excluding hydrogens is 132 g/mol. The van der Waals surface area contributed by atoms with Crippen molar-refractivity contribution in [2.75, 3.05) is 26.9 Å². The van der Waals surface area contributed by atoms with Crippen molar-refractivity contribution >= 4 is 0 Å². The average molecular weight is 146 g/mol. The van der Waals surface area contributed by atoms with Crippen molar-refractivity contribution in [1.82, 2.24) is 0 Å². The number of hydrogen-bond acceptors (Lipinski definition) is 3. The summed E-state index contributed by atoms with van der Waals surface area (Å²) in [5.74, 6) is 0.340. The van der Waals surface area contributed by atoms with Gasteiger partial charge >= 0.3 is 0 Å². The second-order valence-corrected chi connectivity index (χ2v) is 2.53. The third-order valence-electron chi connectivity index (χ3n) is 1.59. The molecule has 3 heteroatoms. The van der Waals surface area contributed by atoms with E-state index >= 15 is 0 Å². The van der Waals surface area contributed by atoms with Crippen molar-refractivity contribution in [3.63, 3.8) is 0 Å². The average Bonchev–Trinajstić information content (AvgIpc) is 2.13. The number of ether oxygens (including phenoxy) is 3. The van der Waals surface area contributed by atoms with Crippen molar-refractivity contribution in [2.24, 2.45) is 5.92 Å². The van der Waals surface area contributed by atoms with Crippen LogP contribution in [0.2, 0.25) is 0 Å². The summed E-state index contributed by atoms with van der Waals surface area (Å²) in [7, 11) is 1.66. The maximum atomic E-state index is 5.32. The molecule has 0 aliphatic carbocycles. The van der Waals surface area contributed by atoms with Gasteiger partial charge in [-0.15, -0.1) is 0 Å². The number of hydrogen-bond donors (Lipinski definition) is 0. The van der Waals surface area contributed by atoms with Gasteiger partial charge in [-0.25, -0.2) is 0 Å².